The lowest BCUT2D eigenvalue weighted by Crippen LogP contribution is -2.28. The molecule has 0 saturated heterocycles. The van der Waals surface area contributed by atoms with Gasteiger partial charge in [-0.3, -0.25) is 0 Å². The van der Waals surface area contributed by atoms with Gasteiger partial charge in [0.25, 0.3) is 0 Å². The van der Waals surface area contributed by atoms with Gasteiger partial charge in [0.05, 0.1) is 21.7 Å². The normalized spacial score (nSPS) is 17.0. The van der Waals surface area contributed by atoms with E-state index in [4.69, 9.17) is 7.85 Å². The highest BCUT2D eigenvalue weighted by Crippen LogP contribution is 2.73. The van der Waals surface area contributed by atoms with Crippen molar-refractivity contribution in [2.75, 3.05) is 0 Å². The molecule has 13 aromatic carbocycles. The summed E-state index contributed by atoms with van der Waals surface area (Å²) in [6.07, 6.45) is 3.83. The third-order valence-corrected chi connectivity index (χ3v) is 23.3. The minimum atomic E-state index is -0.631. The smallest absolute Gasteiger partial charge is 0.0963 e. The van der Waals surface area contributed by atoms with Gasteiger partial charge >= 0.3 is 0 Å². The third-order valence-electron chi connectivity index (χ3n) is 23.3. The molecule has 22 rings (SSSR count). The van der Waals surface area contributed by atoms with Crippen LogP contribution in [-0.4, -0.2) is 7.85 Å². The molecule has 1 saturated carbocycles. The number of rotatable bonds is 1. The maximum absolute atomic E-state index is 6.99. The van der Waals surface area contributed by atoms with E-state index in [1.807, 2.05) is 0 Å². The molecule has 0 unspecified atom stereocenters. The van der Waals surface area contributed by atoms with Gasteiger partial charge in [-0.15, -0.1) is 0 Å². The summed E-state index contributed by atoms with van der Waals surface area (Å²) >= 11 is 0. The van der Waals surface area contributed by atoms with Crippen LogP contribution in [0.5, 0.6) is 0 Å². The molecule has 1 fully saturated rings. The first-order valence-corrected chi connectivity index (χ1v) is 31.5. The molecule has 0 nitrogen and oxygen atoms in total. The largest absolute Gasteiger partial charge is 0.113 e. The summed E-state index contributed by atoms with van der Waals surface area (Å²) < 4.78 is 0. The van der Waals surface area contributed by atoms with Crippen LogP contribution in [0.4, 0.5) is 0 Å². The van der Waals surface area contributed by atoms with E-state index < -0.39 is 21.7 Å². The Kier molecular flexibility index (Phi) is 8.23. The van der Waals surface area contributed by atoms with Crippen molar-refractivity contribution in [3.63, 3.8) is 0 Å². The van der Waals surface area contributed by atoms with Gasteiger partial charge in [-0.25, -0.2) is 0 Å². The summed E-state index contributed by atoms with van der Waals surface area (Å²) in [6, 6.07) is 105. The first-order chi connectivity index (χ1) is 43.0. The predicted octanol–water partition coefficient (Wildman–Crippen LogP) is 19.1. The van der Waals surface area contributed by atoms with E-state index in [1.54, 1.807) is 0 Å². The summed E-state index contributed by atoms with van der Waals surface area (Å²) in [5, 5.41) is 0. The van der Waals surface area contributed by atoms with Crippen molar-refractivity contribution in [1.29, 1.82) is 0 Å². The summed E-state index contributed by atoms with van der Waals surface area (Å²) in [5.41, 5.74) is 42.8. The zero-order chi connectivity index (χ0) is 56.4. The zero-order valence-electron chi connectivity index (χ0n) is 47.7. The molecular weight excluding hydrogens is 1040 g/mol. The molecule has 0 atom stereocenters. The Morgan fingerprint density at radius 3 is 0.690 bits per heavy atom. The summed E-state index contributed by atoms with van der Waals surface area (Å²) in [6.45, 7) is 0. The average molecular weight is 1100 g/mol. The van der Waals surface area contributed by atoms with Crippen LogP contribution in [0.25, 0.3) is 89.0 Å². The minimum Gasteiger partial charge on any atom is -0.0963 e. The second kappa shape index (κ2) is 15.5. The molecular formula is C86H51B. The van der Waals surface area contributed by atoms with Gasteiger partial charge in [0.15, 0.2) is 0 Å². The Bertz CT molecular complexity index is 5240. The van der Waals surface area contributed by atoms with E-state index >= 15 is 0 Å². The molecule has 0 aliphatic heterocycles. The Labute approximate surface area is 507 Å². The number of hydrogen-bond acceptors (Lipinski definition) is 0. The monoisotopic (exact) mass is 1090 g/mol. The molecule has 398 valence electrons. The van der Waals surface area contributed by atoms with E-state index in [0.717, 1.165) is 5.46 Å². The lowest BCUT2D eigenvalue weighted by molar-refractivity contribution is 0.419. The van der Waals surface area contributed by atoms with Gasteiger partial charge in [-0.05, 0) is 239 Å². The van der Waals surface area contributed by atoms with Crippen LogP contribution in [0, 0.1) is 0 Å². The highest BCUT2D eigenvalue weighted by molar-refractivity contribution is 6.32. The first kappa shape index (κ1) is 46.2. The highest BCUT2D eigenvalue weighted by Gasteiger charge is 2.60. The van der Waals surface area contributed by atoms with Crippen LogP contribution < -0.4 is 5.46 Å². The van der Waals surface area contributed by atoms with Gasteiger partial charge in [0.1, 0.15) is 7.85 Å². The molecule has 0 N–H and O–H groups in total. The first-order valence-electron chi connectivity index (χ1n) is 31.5. The standard InChI is InChI=1S/C86H51B/c87-50-37-39-60-62-43-80-64(45-78(62)84(76(60)41-50)69-30-11-3-22-53(69)54-23-4-12-31-70(54)84)66-47-81-65(46-82(66)86(80)73-34-15-7-26-57(73)58-27-8-16-35-74(58)86)63-44-77-61(42-79(63)85(81)71-32-13-5-24-55(71)56-25-6-14-33-72(56)85)59-38-36-49(48-18-17-19-48)40-75(59)83(77)67-28-9-1-20-51(67)52-21-2-10-29-68(52)83/h1-16,20-48H,17-19H2. The van der Waals surface area contributed by atoms with Crippen LogP contribution in [-0.2, 0) is 21.7 Å². The Morgan fingerprint density at radius 1 is 0.207 bits per heavy atom. The molecule has 2 radical (unpaired) electrons. The van der Waals surface area contributed by atoms with Crippen LogP contribution in [0.3, 0.4) is 0 Å². The second-order valence-electron chi connectivity index (χ2n) is 26.4. The molecule has 13 aromatic rings. The van der Waals surface area contributed by atoms with Crippen LogP contribution in [0.1, 0.15) is 120 Å². The third kappa shape index (κ3) is 4.94. The van der Waals surface area contributed by atoms with Gasteiger partial charge in [-0.1, -0.05) is 242 Å². The highest BCUT2D eigenvalue weighted by atomic mass is 14.6. The maximum Gasteiger partial charge on any atom is 0.113 e. The minimum absolute atomic E-state index is 0.499. The molecule has 1 heteroatoms. The van der Waals surface area contributed by atoms with Crippen molar-refractivity contribution in [3.05, 3.63) is 361 Å². The Hall–Kier alpha value is -10.1. The van der Waals surface area contributed by atoms with E-state index in [2.05, 4.69) is 267 Å². The molecule has 0 heterocycles. The second-order valence-corrected chi connectivity index (χ2v) is 26.4. The number of hydrogen-bond donors (Lipinski definition) is 0. The molecule has 0 aromatic heterocycles. The summed E-state index contributed by atoms with van der Waals surface area (Å²) in [5.74, 6) is 0.601. The molecule has 0 amide bonds. The van der Waals surface area contributed by atoms with E-state index in [9.17, 15) is 0 Å². The number of fused-ring (bicyclic) bond motifs is 40. The Balaban J connectivity index is 0.900. The van der Waals surface area contributed by atoms with Crippen LogP contribution in [0.2, 0.25) is 0 Å². The van der Waals surface area contributed by atoms with Crippen molar-refractivity contribution in [2.24, 2.45) is 0 Å². The summed E-state index contributed by atoms with van der Waals surface area (Å²) in [7, 11) is 6.99. The van der Waals surface area contributed by atoms with Crippen molar-refractivity contribution in [2.45, 2.75) is 46.8 Å². The molecule has 87 heavy (non-hydrogen) atoms. The van der Waals surface area contributed by atoms with E-state index in [0.29, 0.717) is 5.92 Å². The lowest BCUT2D eigenvalue weighted by atomic mass is 9.68. The van der Waals surface area contributed by atoms with Gasteiger partial charge in [0.2, 0.25) is 0 Å². The quantitative estimate of drug-likeness (QED) is 0.144. The molecule has 9 aliphatic rings. The van der Waals surface area contributed by atoms with Crippen molar-refractivity contribution >= 4 is 13.3 Å². The van der Waals surface area contributed by atoms with E-state index in [-0.39, 0.29) is 0 Å². The maximum atomic E-state index is 6.99. The van der Waals surface area contributed by atoms with Crippen molar-refractivity contribution < 1.29 is 0 Å². The fourth-order valence-electron chi connectivity index (χ4n) is 20.0. The lowest BCUT2D eigenvalue weighted by Gasteiger charge is -2.33. The Morgan fingerprint density at radius 2 is 0.425 bits per heavy atom. The topological polar surface area (TPSA) is 0 Å². The van der Waals surface area contributed by atoms with E-state index in [1.165, 1.54) is 203 Å². The predicted molar refractivity (Wildman–Crippen MR) is 354 cm³/mol. The number of benzene rings is 13. The SMILES string of the molecule is [B]c1ccc2c(c1)C1(c3ccccc3-c3ccccc31)c1cc3c(cc1-2)C1(c2ccccc2-c2ccccc21)c1cc2c(cc1-3)C1(c3ccccc3-c3ccccc31)c1cc3c(cc1-2)C1(c2ccccc2-c2ccccc21)c1cc(C2CCC2)ccc1-3. The molecule has 9 aliphatic carbocycles. The van der Waals surface area contributed by atoms with Crippen LogP contribution in [0.15, 0.2) is 267 Å². The van der Waals surface area contributed by atoms with Crippen LogP contribution >= 0.6 is 0 Å². The van der Waals surface area contributed by atoms with Gasteiger partial charge in [-0.2, -0.15) is 0 Å². The summed E-state index contributed by atoms with van der Waals surface area (Å²) in [4.78, 5) is 0. The fourth-order valence-corrected chi connectivity index (χ4v) is 20.0. The van der Waals surface area contributed by atoms with Crippen molar-refractivity contribution in [1.82, 2.24) is 0 Å². The van der Waals surface area contributed by atoms with Gasteiger partial charge < -0.3 is 0 Å². The fraction of sp³-hybridized carbons (Fsp3) is 0.0930. The molecule has 4 spiro atoms. The average Bonchev–Trinajstić information content (AvgIpc) is 1.50. The zero-order valence-corrected chi connectivity index (χ0v) is 47.7. The molecule has 0 bridgehead atoms. The van der Waals surface area contributed by atoms with Gasteiger partial charge in [0, 0.05) is 0 Å². The van der Waals surface area contributed by atoms with Crippen molar-refractivity contribution in [3.8, 4) is 89.0 Å².